The van der Waals surface area contributed by atoms with Gasteiger partial charge in [0.05, 0.1) is 10.5 Å². The highest BCUT2D eigenvalue weighted by Crippen LogP contribution is 2.29. The Hall–Kier alpha value is -2.32. The Morgan fingerprint density at radius 3 is 2.50 bits per heavy atom. The number of nitro benzene ring substituents is 1. The van der Waals surface area contributed by atoms with E-state index < -0.39 is 40.7 Å². The predicted octanol–water partition coefficient (Wildman–Crippen LogP) is 2.23. The fraction of sp³-hybridized carbons (Fsp3) is 0.222. The molecule has 1 N–H and O–H groups in total. The van der Waals surface area contributed by atoms with E-state index in [2.05, 4.69) is 4.74 Å². The molecule has 0 unspecified atom stereocenters. The molecule has 0 radical (unpaired) electrons. The van der Waals surface area contributed by atoms with E-state index in [0.717, 1.165) is 12.1 Å². The van der Waals surface area contributed by atoms with Crippen LogP contribution in [0.3, 0.4) is 0 Å². The second kappa shape index (κ2) is 4.90. The zero-order valence-corrected chi connectivity index (χ0v) is 8.60. The Bertz CT molecular complexity index is 486. The minimum absolute atomic E-state index is 0.405. The van der Waals surface area contributed by atoms with E-state index in [0.29, 0.717) is 6.07 Å². The van der Waals surface area contributed by atoms with Crippen LogP contribution in [0.1, 0.15) is 10.4 Å². The monoisotopic (exact) mass is 265 g/mol. The lowest BCUT2D eigenvalue weighted by Crippen LogP contribution is -2.19. The summed E-state index contributed by atoms with van der Waals surface area (Å²) in [6.45, 7) is -1.74. The van der Waals surface area contributed by atoms with Crippen molar-refractivity contribution in [1.29, 1.82) is 0 Å². The Morgan fingerprint density at radius 1 is 1.44 bits per heavy atom. The molecular formula is C9H6F3NO5. The highest BCUT2D eigenvalue weighted by atomic mass is 19.4. The molecule has 1 rings (SSSR count). The standard InChI is InChI=1S/C9H6F3NO5/c10-9(11,12)4-18-7-3-5(8(14)15)1-2-6(7)13(16)17/h1-3H,4H2,(H,14,15). The number of hydrogen-bond acceptors (Lipinski definition) is 4. The van der Waals surface area contributed by atoms with Gasteiger partial charge in [-0.2, -0.15) is 13.2 Å². The lowest BCUT2D eigenvalue weighted by molar-refractivity contribution is -0.386. The first-order valence-corrected chi connectivity index (χ1v) is 4.42. The summed E-state index contributed by atoms with van der Waals surface area (Å²) < 4.78 is 40.0. The van der Waals surface area contributed by atoms with Crippen LogP contribution in [-0.4, -0.2) is 28.8 Å². The molecule has 0 saturated carbocycles. The van der Waals surface area contributed by atoms with Gasteiger partial charge in [0.25, 0.3) is 0 Å². The molecule has 0 aliphatic carbocycles. The number of aromatic carboxylic acids is 1. The number of carboxylic acids is 1. The zero-order valence-electron chi connectivity index (χ0n) is 8.60. The van der Waals surface area contributed by atoms with Gasteiger partial charge in [-0.25, -0.2) is 4.79 Å². The van der Waals surface area contributed by atoms with Crippen LogP contribution < -0.4 is 4.74 Å². The van der Waals surface area contributed by atoms with E-state index in [1.807, 2.05) is 0 Å². The largest absolute Gasteiger partial charge is 0.478 e. The molecule has 1 aromatic carbocycles. The first-order valence-electron chi connectivity index (χ1n) is 4.42. The predicted molar refractivity (Wildman–Crippen MR) is 51.6 cm³/mol. The maximum atomic E-state index is 11.9. The van der Waals surface area contributed by atoms with E-state index >= 15 is 0 Å². The normalized spacial score (nSPS) is 11.1. The molecule has 0 bridgehead atoms. The minimum Gasteiger partial charge on any atom is -0.478 e. The number of nitro groups is 1. The summed E-state index contributed by atoms with van der Waals surface area (Å²) in [7, 11) is 0. The van der Waals surface area contributed by atoms with E-state index in [-0.39, 0.29) is 0 Å². The van der Waals surface area contributed by atoms with Crippen molar-refractivity contribution in [2.75, 3.05) is 6.61 Å². The fourth-order valence-electron chi connectivity index (χ4n) is 1.07. The first-order chi connectivity index (χ1) is 8.20. The molecule has 0 spiro atoms. The summed E-state index contributed by atoms with van der Waals surface area (Å²) in [6, 6.07) is 2.35. The number of carbonyl (C=O) groups is 1. The van der Waals surface area contributed by atoms with E-state index in [1.54, 1.807) is 0 Å². The zero-order chi connectivity index (χ0) is 13.9. The lowest BCUT2D eigenvalue weighted by Gasteiger charge is -2.09. The van der Waals surface area contributed by atoms with Gasteiger partial charge in [-0.3, -0.25) is 10.1 Å². The molecule has 18 heavy (non-hydrogen) atoms. The molecule has 0 saturated heterocycles. The molecule has 0 aliphatic rings. The highest BCUT2D eigenvalue weighted by molar-refractivity contribution is 5.88. The molecule has 98 valence electrons. The van der Waals surface area contributed by atoms with Gasteiger partial charge in [0.2, 0.25) is 0 Å². The van der Waals surface area contributed by atoms with Crippen LogP contribution in [0.2, 0.25) is 0 Å². The van der Waals surface area contributed by atoms with Gasteiger partial charge in [-0.15, -0.1) is 0 Å². The fourth-order valence-corrected chi connectivity index (χ4v) is 1.07. The van der Waals surface area contributed by atoms with E-state index in [9.17, 15) is 28.1 Å². The first kappa shape index (κ1) is 13.7. The molecule has 0 amide bonds. The molecule has 1 aromatic rings. The topological polar surface area (TPSA) is 89.7 Å². The van der Waals surface area contributed by atoms with E-state index in [4.69, 9.17) is 5.11 Å². The van der Waals surface area contributed by atoms with Gasteiger partial charge >= 0.3 is 17.8 Å². The van der Waals surface area contributed by atoms with Crippen molar-refractivity contribution in [3.63, 3.8) is 0 Å². The van der Waals surface area contributed by atoms with Crippen LogP contribution in [0, 0.1) is 10.1 Å². The maximum Gasteiger partial charge on any atom is 0.422 e. The van der Waals surface area contributed by atoms with Gasteiger partial charge in [0.1, 0.15) is 0 Å². The Labute approximate surface area is 97.7 Å². The second-order valence-corrected chi connectivity index (χ2v) is 3.15. The molecule has 0 aromatic heterocycles. The summed E-state index contributed by atoms with van der Waals surface area (Å²) in [5.74, 6) is -2.17. The van der Waals surface area contributed by atoms with E-state index in [1.165, 1.54) is 0 Å². The quantitative estimate of drug-likeness (QED) is 0.666. The Kier molecular flexibility index (Phi) is 3.74. The molecular weight excluding hydrogens is 259 g/mol. The van der Waals surface area contributed by atoms with Gasteiger partial charge in [-0.1, -0.05) is 0 Å². The van der Waals surface area contributed by atoms with Crippen molar-refractivity contribution >= 4 is 11.7 Å². The van der Waals surface area contributed by atoms with Crippen LogP contribution >= 0.6 is 0 Å². The van der Waals surface area contributed by atoms with Gasteiger partial charge < -0.3 is 9.84 Å². The third-order valence-corrected chi connectivity index (χ3v) is 1.79. The second-order valence-electron chi connectivity index (χ2n) is 3.15. The highest BCUT2D eigenvalue weighted by Gasteiger charge is 2.30. The van der Waals surface area contributed by atoms with Crippen molar-refractivity contribution in [2.45, 2.75) is 6.18 Å². The van der Waals surface area contributed by atoms with Crippen LogP contribution in [0.25, 0.3) is 0 Å². The van der Waals surface area contributed by atoms with Crippen LogP contribution in [0.5, 0.6) is 5.75 Å². The third-order valence-electron chi connectivity index (χ3n) is 1.79. The summed E-state index contributed by atoms with van der Waals surface area (Å²) in [5, 5.41) is 19.1. The molecule has 6 nitrogen and oxygen atoms in total. The smallest absolute Gasteiger partial charge is 0.422 e. The number of alkyl halides is 3. The minimum atomic E-state index is -4.67. The average Bonchev–Trinajstić information content (AvgIpc) is 2.24. The number of halogens is 3. The summed E-state index contributed by atoms with van der Waals surface area (Å²) in [4.78, 5) is 20.2. The van der Waals surface area contributed by atoms with Crippen molar-refractivity contribution in [3.05, 3.63) is 33.9 Å². The number of benzene rings is 1. The van der Waals surface area contributed by atoms with Gasteiger partial charge in [0.15, 0.2) is 12.4 Å². The Balaban J connectivity index is 3.08. The average molecular weight is 265 g/mol. The maximum absolute atomic E-state index is 11.9. The van der Waals surface area contributed by atoms with Crippen LogP contribution in [0.4, 0.5) is 18.9 Å². The molecule has 9 heteroatoms. The number of ether oxygens (including phenoxy) is 1. The van der Waals surface area contributed by atoms with Crippen molar-refractivity contribution < 1.29 is 32.7 Å². The lowest BCUT2D eigenvalue weighted by atomic mass is 10.2. The van der Waals surface area contributed by atoms with Crippen molar-refractivity contribution in [1.82, 2.24) is 0 Å². The van der Waals surface area contributed by atoms with Crippen molar-refractivity contribution in [3.8, 4) is 5.75 Å². The molecule has 0 aliphatic heterocycles. The number of nitrogens with zero attached hydrogens (tertiary/aromatic N) is 1. The number of carboxylic acid groups (broad SMARTS) is 1. The molecule has 0 fully saturated rings. The number of hydrogen-bond donors (Lipinski definition) is 1. The SMILES string of the molecule is O=C(O)c1ccc([N+](=O)[O-])c(OCC(F)(F)F)c1. The van der Waals surface area contributed by atoms with Crippen molar-refractivity contribution in [2.24, 2.45) is 0 Å². The van der Waals surface area contributed by atoms with Crippen LogP contribution in [0.15, 0.2) is 18.2 Å². The Morgan fingerprint density at radius 2 is 2.06 bits per heavy atom. The summed E-state index contributed by atoms with van der Waals surface area (Å²) in [6.07, 6.45) is -4.67. The van der Waals surface area contributed by atoms with Gasteiger partial charge in [-0.05, 0) is 6.07 Å². The summed E-state index contributed by atoms with van der Waals surface area (Å²) in [5.41, 5.74) is -1.14. The van der Waals surface area contributed by atoms with Gasteiger partial charge in [0, 0.05) is 12.1 Å². The summed E-state index contributed by atoms with van der Waals surface area (Å²) >= 11 is 0. The molecule has 0 atom stereocenters. The molecule has 0 heterocycles. The van der Waals surface area contributed by atoms with Crippen LogP contribution in [-0.2, 0) is 0 Å². The number of rotatable bonds is 4. The third kappa shape index (κ3) is 3.61.